The summed E-state index contributed by atoms with van der Waals surface area (Å²) in [7, 11) is 0. The molecule has 1 rings (SSSR count). The largest absolute Gasteiger partial charge is 0.371 e. The second-order valence-corrected chi connectivity index (χ2v) is 11.6. The summed E-state index contributed by atoms with van der Waals surface area (Å²) in [6.07, 6.45) is 34.3. The standard InChI is InChI=1S/C35H65N/c1-4-6-8-10-12-14-15-16-17-18-19-20-21-23-25-29-33-36(35-31-27-26-30-34(35)3)32-28-24-22-13-11-9-7-5-2/h26-27,30-31H,4-25,28-29,32-33H2,1-3H3. The van der Waals surface area contributed by atoms with Crippen LogP contribution in [0.25, 0.3) is 0 Å². The minimum Gasteiger partial charge on any atom is -0.371 e. The van der Waals surface area contributed by atoms with E-state index >= 15 is 0 Å². The van der Waals surface area contributed by atoms with Crippen molar-refractivity contribution in [1.82, 2.24) is 0 Å². The maximum Gasteiger partial charge on any atom is 0.0395 e. The van der Waals surface area contributed by atoms with Crippen LogP contribution in [0.2, 0.25) is 0 Å². The maximum atomic E-state index is 2.69. The van der Waals surface area contributed by atoms with Crippen molar-refractivity contribution in [1.29, 1.82) is 0 Å². The average molecular weight is 500 g/mol. The quantitative estimate of drug-likeness (QED) is 0.109. The Morgan fingerprint density at radius 3 is 1.06 bits per heavy atom. The van der Waals surface area contributed by atoms with Gasteiger partial charge < -0.3 is 4.90 Å². The predicted octanol–water partition coefficient (Wildman–Crippen LogP) is 12.2. The fourth-order valence-electron chi connectivity index (χ4n) is 5.56. The van der Waals surface area contributed by atoms with Gasteiger partial charge in [-0.3, -0.25) is 0 Å². The Balaban J connectivity index is 2.06. The lowest BCUT2D eigenvalue weighted by atomic mass is 10.0. The molecule has 0 bridgehead atoms. The maximum absolute atomic E-state index is 2.69. The molecule has 0 heterocycles. The molecule has 0 saturated heterocycles. The normalized spacial score (nSPS) is 11.3. The third-order valence-corrected chi connectivity index (χ3v) is 8.02. The number of benzene rings is 1. The molecule has 0 spiro atoms. The molecule has 0 saturated carbocycles. The fourth-order valence-corrected chi connectivity index (χ4v) is 5.56. The Hall–Kier alpha value is -0.980. The van der Waals surface area contributed by atoms with Gasteiger partial charge in [0.2, 0.25) is 0 Å². The molecule has 1 heteroatoms. The minimum absolute atomic E-state index is 1.23. The van der Waals surface area contributed by atoms with E-state index in [9.17, 15) is 0 Å². The lowest BCUT2D eigenvalue weighted by molar-refractivity contribution is 0.527. The van der Waals surface area contributed by atoms with Crippen molar-refractivity contribution in [3.8, 4) is 0 Å². The molecule has 1 aromatic rings. The first kappa shape index (κ1) is 33.0. The Bertz CT molecular complexity index is 566. The number of hydrogen-bond acceptors (Lipinski definition) is 1. The van der Waals surface area contributed by atoms with E-state index in [-0.39, 0.29) is 0 Å². The minimum atomic E-state index is 1.23. The van der Waals surface area contributed by atoms with Crippen LogP contribution in [0.3, 0.4) is 0 Å². The van der Waals surface area contributed by atoms with Crippen molar-refractivity contribution < 1.29 is 0 Å². The summed E-state index contributed by atoms with van der Waals surface area (Å²) in [6, 6.07) is 9.02. The molecule has 1 nitrogen and oxygen atoms in total. The van der Waals surface area contributed by atoms with Crippen LogP contribution >= 0.6 is 0 Å². The van der Waals surface area contributed by atoms with Crippen molar-refractivity contribution >= 4 is 5.69 Å². The molecule has 0 aromatic heterocycles. The number of rotatable bonds is 27. The smallest absolute Gasteiger partial charge is 0.0395 e. The highest BCUT2D eigenvalue weighted by atomic mass is 15.1. The first-order valence-corrected chi connectivity index (χ1v) is 16.6. The summed E-state index contributed by atoms with van der Waals surface area (Å²) in [4.78, 5) is 2.69. The molecule has 0 aliphatic carbocycles. The van der Waals surface area contributed by atoms with Gasteiger partial charge >= 0.3 is 0 Å². The fraction of sp³-hybridized carbons (Fsp3) is 0.829. The van der Waals surface area contributed by atoms with E-state index in [1.807, 2.05) is 0 Å². The summed E-state index contributed by atoms with van der Waals surface area (Å²) < 4.78 is 0. The van der Waals surface area contributed by atoms with Crippen molar-refractivity contribution in [2.45, 2.75) is 175 Å². The highest BCUT2D eigenvalue weighted by Crippen LogP contribution is 2.22. The molecule has 0 atom stereocenters. The molecule has 0 unspecified atom stereocenters. The van der Waals surface area contributed by atoms with E-state index in [0.29, 0.717) is 0 Å². The van der Waals surface area contributed by atoms with Crippen molar-refractivity contribution in [2.75, 3.05) is 18.0 Å². The molecule has 0 fully saturated rings. The summed E-state index contributed by atoms with van der Waals surface area (Å²) in [6.45, 7) is 9.36. The molecular weight excluding hydrogens is 434 g/mol. The SMILES string of the molecule is CCCCCCCCCCCCCCCCCCN(CCCCCCCCCC)c1ccccc1C. The zero-order chi connectivity index (χ0) is 25.9. The molecule has 1 aromatic carbocycles. The van der Waals surface area contributed by atoms with E-state index in [2.05, 4.69) is 49.9 Å². The Kier molecular flexibility index (Phi) is 23.6. The van der Waals surface area contributed by atoms with Crippen molar-refractivity contribution in [2.24, 2.45) is 0 Å². The first-order chi connectivity index (χ1) is 17.8. The average Bonchev–Trinajstić information content (AvgIpc) is 2.89. The second-order valence-electron chi connectivity index (χ2n) is 11.6. The molecule has 0 radical (unpaired) electrons. The Morgan fingerprint density at radius 1 is 0.417 bits per heavy atom. The summed E-state index contributed by atoms with van der Waals surface area (Å²) >= 11 is 0. The highest BCUT2D eigenvalue weighted by Gasteiger charge is 2.08. The van der Waals surface area contributed by atoms with Crippen LogP contribution in [0.1, 0.15) is 174 Å². The number of para-hydroxylation sites is 1. The molecule has 36 heavy (non-hydrogen) atoms. The van der Waals surface area contributed by atoms with Gasteiger partial charge in [-0.15, -0.1) is 0 Å². The van der Waals surface area contributed by atoms with Gasteiger partial charge in [-0.2, -0.15) is 0 Å². The number of hydrogen-bond donors (Lipinski definition) is 0. The van der Waals surface area contributed by atoms with Gasteiger partial charge in [0.1, 0.15) is 0 Å². The predicted molar refractivity (Wildman–Crippen MR) is 166 cm³/mol. The molecule has 0 amide bonds. The van der Waals surface area contributed by atoms with Crippen molar-refractivity contribution in [3.05, 3.63) is 29.8 Å². The van der Waals surface area contributed by atoms with Gasteiger partial charge in [-0.25, -0.2) is 0 Å². The summed E-state index contributed by atoms with van der Waals surface area (Å²) in [5.74, 6) is 0. The number of nitrogens with zero attached hydrogens (tertiary/aromatic N) is 1. The van der Waals surface area contributed by atoms with Crippen LogP contribution in [0.5, 0.6) is 0 Å². The second kappa shape index (κ2) is 25.7. The van der Waals surface area contributed by atoms with Crippen LogP contribution in [0, 0.1) is 6.92 Å². The number of unbranched alkanes of at least 4 members (excludes halogenated alkanes) is 22. The molecule has 0 N–H and O–H groups in total. The molecule has 210 valence electrons. The van der Waals surface area contributed by atoms with Crippen LogP contribution in [0.4, 0.5) is 5.69 Å². The van der Waals surface area contributed by atoms with E-state index in [0.717, 1.165) is 0 Å². The zero-order valence-corrected chi connectivity index (χ0v) is 25.1. The Labute approximate surface area is 228 Å². The van der Waals surface area contributed by atoms with Gasteiger partial charge in [0, 0.05) is 18.8 Å². The third-order valence-electron chi connectivity index (χ3n) is 8.02. The van der Waals surface area contributed by atoms with Crippen LogP contribution < -0.4 is 4.90 Å². The van der Waals surface area contributed by atoms with Gasteiger partial charge in [0.05, 0.1) is 0 Å². The number of aryl methyl sites for hydroxylation is 1. The highest BCUT2D eigenvalue weighted by molar-refractivity contribution is 5.52. The molecule has 0 aliphatic heterocycles. The van der Waals surface area contributed by atoms with Crippen molar-refractivity contribution in [3.63, 3.8) is 0 Å². The van der Waals surface area contributed by atoms with Crippen LogP contribution in [0.15, 0.2) is 24.3 Å². The van der Waals surface area contributed by atoms with Gasteiger partial charge in [0.15, 0.2) is 0 Å². The van der Waals surface area contributed by atoms with E-state index in [1.165, 1.54) is 178 Å². The van der Waals surface area contributed by atoms with E-state index in [1.54, 1.807) is 0 Å². The lowest BCUT2D eigenvalue weighted by Gasteiger charge is -2.26. The lowest BCUT2D eigenvalue weighted by Crippen LogP contribution is -2.26. The summed E-state index contributed by atoms with van der Waals surface area (Å²) in [5.41, 5.74) is 2.91. The third kappa shape index (κ3) is 19.2. The molecule has 0 aliphatic rings. The van der Waals surface area contributed by atoms with Gasteiger partial charge in [-0.05, 0) is 31.4 Å². The van der Waals surface area contributed by atoms with E-state index < -0.39 is 0 Å². The topological polar surface area (TPSA) is 3.24 Å². The Morgan fingerprint density at radius 2 is 0.722 bits per heavy atom. The number of anilines is 1. The van der Waals surface area contributed by atoms with E-state index in [4.69, 9.17) is 0 Å². The van der Waals surface area contributed by atoms with Crippen LogP contribution in [-0.4, -0.2) is 13.1 Å². The van der Waals surface area contributed by atoms with Gasteiger partial charge in [-0.1, -0.05) is 173 Å². The molecular formula is C35H65N. The monoisotopic (exact) mass is 500 g/mol. The van der Waals surface area contributed by atoms with Gasteiger partial charge in [0.25, 0.3) is 0 Å². The zero-order valence-electron chi connectivity index (χ0n) is 25.1. The first-order valence-electron chi connectivity index (χ1n) is 16.6. The van der Waals surface area contributed by atoms with Crippen LogP contribution in [-0.2, 0) is 0 Å². The summed E-state index contributed by atoms with van der Waals surface area (Å²) in [5, 5.41) is 0.